The van der Waals surface area contributed by atoms with Crippen molar-refractivity contribution in [1.82, 2.24) is 0 Å². The topological polar surface area (TPSA) is 71.3 Å². The molecule has 0 spiro atoms. The Kier molecular flexibility index (Phi) is 5.05. The molecule has 2 N–H and O–H groups in total. The van der Waals surface area contributed by atoms with E-state index in [0.717, 1.165) is 24.4 Å². The van der Waals surface area contributed by atoms with Crippen LogP contribution in [0.4, 0.5) is 5.69 Å². The summed E-state index contributed by atoms with van der Waals surface area (Å²) in [7, 11) is 0. The smallest absolute Gasteiger partial charge is 0.268 e. The highest BCUT2D eigenvalue weighted by molar-refractivity contribution is 7.18. The van der Waals surface area contributed by atoms with Gasteiger partial charge in [-0.1, -0.05) is 29.8 Å². The fraction of sp³-hybridized carbons (Fsp3) is 0.368. The monoisotopic (exact) mass is 407 g/mol. The Bertz CT molecular complexity index is 880. The highest BCUT2D eigenvalue weighted by Crippen LogP contribution is 2.42. The Morgan fingerprint density at radius 1 is 1.26 bits per heavy atom. The van der Waals surface area contributed by atoms with Crippen LogP contribution in [0.15, 0.2) is 36.4 Å². The van der Waals surface area contributed by atoms with Crippen LogP contribution < -0.4 is 9.80 Å². The van der Waals surface area contributed by atoms with Crippen molar-refractivity contribution < 1.29 is 24.3 Å². The number of Topliss-reactive ketones (excluding diaryl/α,β-unsaturated/α-hetero) is 1. The molecule has 6 nitrogen and oxygen atoms in total. The third-order valence-corrected chi connectivity index (χ3v) is 6.36. The molecular weight excluding hydrogens is 388 g/mol. The number of quaternary nitrogens is 1. The highest BCUT2D eigenvalue weighted by Gasteiger charge is 2.51. The molecule has 2 aromatic rings. The van der Waals surface area contributed by atoms with Crippen molar-refractivity contribution in [1.29, 1.82) is 0 Å². The van der Waals surface area contributed by atoms with Gasteiger partial charge in [0.25, 0.3) is 5.91 Å². The van der Waals surface area contributed by atoms with Crippen molar-refractivity contribution in [2.24, 2.45) is 0 Å². The molecule has 0 saturated carbocycles. The molecule has 8 heteroatoms. The molecule has 0 aliphatic carbocycles. The molecule has 27 heavy (non-hydrogen) atoms. The van der Waals surface area contributed by atoms with Crippen molar-refractivity contribution in [3.05, 3.63) is 51.2 Å². The van der Waals surface area contributed by atoms with Crippen LogP contribution in [0.1, 0.15) is 21.7 Å². The van der Waals surface area contributed by atoms with E-state index in [0.29, 0.717) is 40.3 Å². The first-order valence-corrected chi connectivity index (χ1v) is 10.0. The number of rotatable bonds is 5. The Balaban J connectivity index is 1.62. The second-order valence-electron chi connectivity index (χ2n) is 6.83. The van der Waals surface area contributed by atoms with Gasteiger partial charge in [0.1, 0.15) is 13.1 Å². The number of halogens is 1. The zero-order chi connectivity index (χ0) is 19.0. The van der Waals surface area contributed by atoms with Gasteiger partial charge in [-0.15, -0.1) is 11.3 Å². The number of hydrogen-bond donors (Lipinski definition) is 2. The molecule has 0 radical (unpaired) electrons. The summed E-state index contributed by atoms with van der Waals surface area (Å²) in [5, 5.41) is 11.3. The summed E-state index contributed by atoms with van der Waals surface area (Å²) < 4.78 is 5.88. The van der Waals surface area contributed by atoms with Gasteiger partial charge in [0.2, 0.25) is 0 Å². The zero-order valence-electron chi connectivity index (χ0n) is 14.6. The maximum Gasteiger partial charge on any atom is 0.268 e. The van der Waals surface area contributed by atoms with Crippen LogP contribution in [-0.4, -0.2) is 49.8 Å². The predicted octanol–water partition coefficient (Wildman–Crippen LogP) is 1.08. The summed E-state index contributed by atoms with van der Waals surface area (Å²) in [4.78, 5) is 29.1. The normalized spacial score (nSPS) is 22.9. The van der Waals surface area contributed by atoms with Crippen LogP contribution >= 0.6 is 22.9 Å². The number of nitrogens with one attached hydrogen (secondary N) is 1. The number of ether oxygens (including phenoxy) is 1. The fourth-order valence-corrected chi connectivity index (χ4v) is 4.64. The molecule has 1 fully saturated rings. The van der Waals surface area contributed by atoms with Crippen molar-refractivity contribution in [2.45, 2.75) is 12.0 Å². The molecule has 0 bridgehead atoms. The first kappa shape index (κ1) is 18.6. The van der Waals surface area contributed by atoms with Gasteiger partial charge in [-0.2, -0.15) is 0 Å². The Morgan fingerprint density at radius 3 is 2.70 bits per heavy atom. The standard InChI is InChI=1S/C19H19ClN2O4S/c20-17-6-5-16(27-17)15(23)11-19(25)13-3-1-2-4-14(13)22(18(19)24)12-21-7-9-26-10-8-21/h1-6,25H,7-12H2/p+1/t19-/m0/s1. The summed E-state index contributed by atoms with van der Waals surface area (Å²) in [6.45, 7) is 3.36. The molecule has 0 unspecified atom stereocenters. The van der Waals surface area contributed by atoms with Crippen LogP contribution in [0.3, 0.4) is 0 Å². The van der Waals surface area contributed by atoms with E-state index in [1.807, 2.05) is 12.1 Å². The van der Waals surface area contributed by atoms with Crippen LogP contribution in [-0.2, 0) is 15.1 Å². The highest BCUT2D eigenvalue weighted by atomic mass is 35.5. The Labute approximate surface area is 165 Å². The second-order valence-corrected chi connectivity index (χ2v) is 8.55. The van der Waals surface area contributed by atoms with Crippen molar-refractivity contribution >= 4 is 40.3 Å². The summed E-state index contributed by atoms with van der Waals surface area (Å²) in [5.41, 5.74) is -0.699. The van der Waals surface area contributed by atoms with Crippen LogP contribution in [0.2, 0.25) is 4.34 Å². The number of benzene rings is 1. The predicted molar refractivity (Wildman–Crippen MR) is 102 cm³/mol. The number of morpholine rings is 1. The molecule has 1 amide bonds. The van der Waals surface area contributed by atoms with Gasteiger partial charge in [-0.25, -0.2) is 0 Å². The molecule has 1 aromatic heterocycles. The van der Waals surface area contributed by atoms with E-state index < -0.39 is 11.5 Å². The van der Waals surface area contributed by atoms with Crippen molar-refractivity contribution in [3.63, 3.8) is 0 Å². The van der Waals surface area contributed by atoms with E-state index in [1.54, 1.807) is 29.2 Å². The fourth-order valence-electron chi connectivity index (χ4n) is 3.66. The van der Waals surface area contributed by atoms with Gasteiger partial charge in [-0.3, -0.25) is 14.5 Å². The molecule has 2 aliphatic heterocycles. The van der Waals surface area contributed by atoms with Crippen molar-refractivity contribution in [3.8, 4) is 0 Å². The third kappa shape index (κ3) is 3.41. The number of para-hydroxylation sites is 1. The van der Waals surface area contributed by atoms with Gasteiger partial charge in [0.15, 0.2) is 18.1 Å². The van der Waals surface area contributed by atoms with Crippen LogP contribution in [0.5, 0.6) is 0 Å². The Hall–Kier alpha value is -1.77. The van der Waals surface area contributed by atoms with Gasteiger partial charge in [-0.05, 0) is 18.2 Å². The van der Waals surface area contributed by atoms with E-state index in [-0.39, 0.29) is 12.2 Å². The first-order valence-electron chi connectivity index (χ1n) is 8.83. The van der Waals surface area contributed by atoms with Gasteiger partial charge in [0, 0.05) is 5.56 Å². The molecule has 1 atom stereocenters. The summed E-state index contributed by atoms with van der Waals surface area (Å²) in [6.07, 6.45) is -0.297. The Morgan fingerprint density at radius 2 is 2.00 bits per heavy atom. The molecule has 4 rings (SSSR count). The molecule has 3 heterocycles. The largest absolute Gasteiger partial charge is 0.375 e. The van der Waals surface area contributed by atoms with E-state index in [2.05, 4.69) is 0 Å². The number of fused-ring (bicyclic) bond motifs is 1. The lowest BCUT2D eigenvalue weighted by Gasteiger charge is -2.29. The minimum Gasteiger partial charge on any atom is -0.375 e. The SMILES string of the molecule is O=C(C[C@@]1(O)C(=O)N(C[NH+]2CCOCC2)c2ccccc21)c1ccc(Cl)s1. The second kappa shape index (κ2) is 7.33. The molecule has 1 aromatic carbocycles. The number of amides is 1. The number of thiophene rings is 1. The zero-order valence-corrected chi connectivity index (χ0v) is 16.2. The van der Waals surface area contributed by atoms with Gasteiger partial charge >= 0.3 is 0 Å². The number of aliphatic hydroxyl groups is 1. The number of anilines is 1. The number of nitrogens with zero attached hydrogens (tertiary/aromatic N) is 1. The van der Waals surface area contributed by atoms with E-state index >= 15 is 0 Å². The minimum absolute atomic E-state index is 0.293. The molecular formula is C19H20ClN2O4S+. The number of carbonyl (C=O) groups is 2. The number of carbonyl (C=O) groups excluding carboxylic acids is 2. The maximum absolute atomic E-state index is 13.2. The van der Waals surface area contributed by atoms with E-state index in [9.17, 15) is 14.7 Å². The van der Waals surface area contributed by atoms with Gasteiger partial charge in [0.05, 0.1) is 34.5 Å². The first-order chi connectivity index (χ1) is 13.0. The molecule has 142 valence electrons. The maximum atomic E-state index is 13.2. The van der Waals surface area contributed by atoms with Crippen LogP contribution in [0, 0.1) is 0 Å². The lowest BCUT2D eigenvalue weighted by Crippen LogP contribution is -3.15. The molecule has 2 aliphatic rings. The minimum atomic E-state index is -1.85. The van der Waals surface area contributed by atoms with E-state index in [1.165, 1.54) is 4.90 Å². The third-order valence-electron chi connectivity index (χ3n) is 5.09. The van der Waals surface area contributed by atoms with Gasteiger partial charge < -0.3 is 14.7 Å². The van der Waals surface area contributed by atoms with Crippen molar-refractivity contribution in [2.75, 3.05) is 37.9 Å². The number of hydrogen-bond acceptors (Lipinski definition) is 5. The lowest BCUT2D eigenvalue weighted by atomic mass is 9.89. The summed E-state index contributed by atoms with van der Waals surface area (Å²) >= 11 is 7.06. The lowest BCUT2D eigenvalue weighted by molar-refractivity contribution is -0.906. The average molecular weight is 408 g/mol. The average Bonchev–Trinajstić information content (AvgIpc) is 3.20. The molecule has 1 saturated heterocycles. The summed E-state index contributed by atoms with van der Waals surface area (Å²) in [5.74, 6) is -0.739. The number of ketones is 1. The quantitative estimate of drug-likeness (QED) is 0.728. The van der Waals surface area contributed by atoms with E-state index in [4.69, 9.17) is 16.3 Å². The summed E-state index contributed by atoms with van der Waals surface area (Å²) in [6, 6.07) is 10.4. The van der Waals surface area contributed by atoms with Crippen LogP contribution in [0.25, 0.3) is 0 Å².